The van der Waals surface area contributed by atoms with Crippen LogP contribution in [-0.2, 0) is 4.74 Å². The molecule has 8 heteroatoms. The topological polar surface area (TPSA) is 127 Å². The molecule has 22 heavy (non-hydrogen) atoms. The van der Waals surface area contributed by atoms with E-state index in [1.54, 1.807) is 12.3 Å². The van der Waals surface area contributed by atoms with Crippen molar-refractivity contribution in [1.29, 1.82) is 0 Å². The van der Waals surface area contributed by atoms with Crippen LogP contribution in [-0.4, -0.2) is 54.3 Å². The number of aliphatic hydroxyl groups excluding tert-OH is 2. The highest BCUT2D eigenvalue weighted by Gasteiger charge is 2.55. The zero-order valence-corrected chi connectivity index (χ0v) is 11.6. The Labute approximate surface area is 126 Å². The zero-order chi connectivity index (χ0) is 15.9. The molecule has 0 radical (unpaired) electrons. The normalized spacial score (nSPS) is 31.5. The number of nitrogens with two attached hydrogens (primary N) is 1. The zero-order valence-electron chi connectivity index (χ0n) is 11.6. The summed E-state index contributed by atoms with van der Waals surface area (Å²) >= 11 is 0. The number of hydrogen-bond donors (Lipinski definition) is 4. The summed E-state index contributed by atoms with van der Waals surface area (Å²) in [4.78, 5) is 8.03. The van der Waals surface area contributed by atoms with Crippen LogP contribution in [0.2, 0.25) is 0 Å². The van der Waals surface area contributed by atoms with E-state index in [1.807, 2.05) is 0 Å². The van der Waals surface area contributed by atoms with Crippen molar-refractivity contribution >= 4 is 16.9 Å². The van der Waals surface area contributed by atoms with Crippen LogP contribution < -0.4 is 5.73 Å². The summed E-state index contributed by atoms with van der Waals surface area (Å²) in [6.45, 7) is -0.444. The predicted octanol–water partition coefficient (Wildman–Crippen LogP) is -0.982. The van der Waals surface area contributed by atoms with Crippen LogP contribution in [0.15, 0.2) is 18.6 Å². The highest BCUT2D eigenvalue weighted by Crippen LogP contribution is 2.42. The number of hydrogen-bond acceptors (Lipinski definition) is 7. The highest BCUT2D eigenvalue weighted by atomic mass is 16.6. The van der Waals surface area contributed by atoms with Crippen molar-refractivity contribution in [2.75, 3.05) is 12.3 Å². The van der Waals surface area contributed by atoms with Gasteiger partial charge >= 0.3 is 0 Å². The van der Waals surface area contributed by atoms with E-state index in [-0.39, 0.29) is 6.42 Å². The van der Waals surface area contributed by atoms with Crippen LogP contribution in [0.25, 0.3) is 11.0 Å². The Morgan fingerprint density at radius 3 is 2.95 bits per heavy atom. The third kappa shape index (κ3) is 1.95. The summed E-state index contributed by atoms with van der Waals surface area (Å²) in [7, 11) is 0. The molecule has 116 valence electrons. The van der Waals surface area contributed by atoms with Crippen LogP contribution >= 0.6 is 0 Å². The van der Waals surface area contributed by atoms with E-state index in [2.05, 4.69) is 15.9 Å². The summed E-state index contributed by atoms with van der Waals surface area (Å²) < 4.78 is 7.13. The maximum Gasteiger partial charge on any atom is 0.168 e. The van der Waals surface area contributed by atoms with Crippen molar-refractivity contribution < 1.29 is 20.1 Å². The van der Waals surface area contributed by atoms with E-state index >= 15 is 0 Å². The van der Waals surface area contributed by atoms with Gasteiger partial charge in [0.05, 0.1) is 12.0 Å². The van der Waals surface area contributed by atoms with Gasteiger partial charge in [-0.05, 0) is 6.07 Å². The molecule has 0 amide bonds. The summed E-state index contributed by atoms with van der Waals surface area (Å²) in [6.07, 6.45) is 4.81. The molecule has 3 rings (SSSR count). The van der Waals surface area contributed by atoms with Gasteiger partial charge in [-0.3, -0.25) is 0 Å². The largest absolute Gasteiger partial charge is 0.394 e. The van der Waals surface area contributed by atoms with Crippen molar-refractivity contribution in [3.05, 3.63) is 18.6 Å². The molecule has 4 unspecified atom stereocenters. The lowest BCUT2D eigenvalue weighted by molar-refractivity contribution is -0.104. The molecule has 0 bridgehead atoms. The van der Waals surface area contributed by atoms with Gasteiger partial charge in [0.1, 0.15) is 35.6 Å². The summed E-state index contributed by atoms with van der Waals surface area (Å²) in [6, 6.07) is 1.68. The minimum absolute atomic E-state index is 0.143. The number of anilines is 1. The Balaban J connectivity index is 2.12. The van der Waals surface area contributed by atoms with Gasteiger partial charge in [0.2, 0.25) is 0 Å². The van der Waals surface area contributed by atoms with Crippen molar-refractivity contribution in [3.63, 3.8) is 0 Å². The first-order chi connectivity index (χ1) is 10.5. The molecule has 8 nitrogen and oxygen atoms in total. The molecule has 3 heterocycles. The molecular weight excluding hydrogens is 288 g/mol. The Morgan fingerprint density at radius 2 is 2.27 bits per heavy atom. The smallest absolute Gasteiger partial charge is 0.168 e. The van der Waals surface area contributed by atoms with Crippen LogP contribution in [0.4, 0.5) is 5.82 Å². The molecule has 1 saturated heterocycles. The number of rotatable bonds is 3. The lowest BCUT2D eigenvalue weighted by atomic mass is 9.91. The molecule has 0 aromatic carbocycles. The second-order valence-corrected chi connectivity index (χ2v) is 5.25. The Bertz CT molecular complexity index is 740. The Morgan fingerprint density at radius 1 is 1.50 bits per heavy atom. The standard InChI is InChI=1S/C14H16N4O4/c1-2-4-14(21)10(20)9(6-19)22-13(14)18-5-3-8-11(15)16-7-17-12(8)18/h1,3,5,7,9-10,13,19-21H,4,6H2,(H2,15,16,17). The Kier molecular flexibility index (Phi) is 3.50. The first kappa shape index (κ1) is 14.7. The van der Waals surface area contributed by atoms with E-state index in [4.69, 9.17) is 16.9 Å². The summed E-state index contributed by atoms with van der Waals surface area (Å²) in [5.74, 6) is 2.63. The first-order valence-electron chi connectivity index (χ1n) is 6.70. The van der Waals surface area contributed by atoms with E-state index in [0.717, 1.165) is 0 Å². The van der Waals surface area contributed by atoms with Crippen LogP contribution in [0.1, 0.15) is 12.6 Å². The second-order valence-electron chi connectivity index (χ2n) is 5.25. The third-order valence-electron chi connectivity index (χ3n) is 3.95. The minimum atomic E-state index is -1.74. The van der Waals surface area contributed by atoms with E-state index in [0.29, 0.717) is 16.9 Å². The maximum atomic E-state index is 10.8. The van der Waals surface area contributed by atoms with Crippen molar-refractivity contribution in [2.24, 2.45) is 0 Å². The molecule has 0 saturated carbocycles. The van der Waals surface area contributed by atoms with E-state index in [1.165, 1.54) is 10.9 Å². The number of fused-ring (bicyclic) bond motifs is 1. The average Bonchev–Trinajstić information content (AvgIpc) is 3.02. The number of nitrogen functional groups attached to an aromatic ring is 1. The number of aromatic nitrogens is 3. The van der Waals surface area contributed by atoms with Gasteiger partial charge in [-0.2, -0.15) is 0 Å². The summed E-state index contributed by atoms with van der Waals surface area (Å²) in [5, 5.41) is 30.9. The monoisotopic (exact) mass is 304 g/mol. The van der Waals surface area contributed by atoms with Crippen LogP contribution in [0.3, 0.4) is 0 Å². The molecule has 1 aliphatic rings. The van der Waals surface area contributed by atoms with Gasteiger partial charge in [-0.15, -0.1) is 12.3 Å². The van der Waals surface area contributed by atoms with Crippen molar-refractivity contribution in [3.8, 4) is 12.3 Å². The van der Waals surface area contributed by atoms with Crippen molar-refractivity contribution in [1.82, 2.24) is 14.5 Å². The average molecular weight is 304 g/mol. The van der Waals surface area contributed by atoms with Gasteiger partial charge in [-0.1, -0.05) is 0 Å². The van der Waals surface area contributed by atoms with Gasteiger partial charge in [0.15, 0.2) is 6.23 Å². The van der Waals surface area contributed by atoms with Crippen LogP contribution in [0, 0.1) is 12.3 Å². The maximum absolute atomic E-state index is 10.8. The molecule has 2 aromatic heterocycles. The second kappa shape index (κ2) is 5.23. The molecule has 2 aromatic rings. The molecule has 4 atom stereocenters. The summed E-state index contributed by atoms with van der Waals surface area (Å²) in [5.41, 5.74) is 4.49. The van der Waals surface area contributed by atoms with Gasteiger partial charge in [0.25, 0.3) is 0 Å². The minimum Gasteiger partial charge on any atom is -0.394 e. The van der Waals surface area contributed by atoms with Gasteiger partial charge in [-0.25, -0.2) is 9.97 Å². The predicted molar refractivity (Wildman–Crippen MR) is 77.3 cm³/mol. The number of ether oxygens (including phenoxy) is 1. The molecule has 0 spiro atoms. The fourth-order valence-corrected chi connectivity index (χ4v) is 2.81. The lowest BCUT2D eigenvalue weighted by Crippen LogP contribution is -2.46. The highest BCUT2D eigenvalue weighted by molar-refractivity contribution is 5.86. The van der Waals surface area contributed by atoms with E-state index < -0.39 is 30.6 Å². The molecular formula is C14H16N4O4. The Hall–Kier alpha value is -2.18. The molecule has 5 N–H and O–H groups in total. The molecule has 1 aliphatic heterocycles. The molecule has 0 aliphatic carbocycles. The SMILES string of the molecule is C#CCC1(O)C(O)C(CO)OC1n1ccc2c(N)ncnc21. The van der Waals surface area contributed by atoms with Crippen molar-refractivity contribution in [2.45, 2.75) is 30.5 Å². The number of terminal acetylenes is 1. The fraction of sp³-hybridized carbons (Fsp3) is 0.429. The first-order valence-corrected chi connectivity index (χ1v) is 6.70. The van der Waals surface area contributed by atoms with Gasteiger partial charge < -0.3 is 30.4 Å². The number of nitrogens with zero attached hydrogens (tertiary/aromatic N) is 3. The quantitative estimate of drug-likeness (QED) is 0.537. The van der Waals surface area contributed by atoms with E-state index in [9.17, 15) is 15.3 Å². The third-order valence-corrected chi connectivity index (χ3v) is 3.95. The van der Waals surface area contributed by atoms with Crippen LogP contribution in [0.5, 0.6) is 0 Å². The van der Waals surface area contributed by atoms with Gasteiger partial charge in [0, 0.05) is 12.6 Å². The molecule has 1 fully saturated rings. The number of aliphatic hydroxyl groups is 3. The fourth-order valence-electron chi connectivity index (χ4n) is 2.81. The lowest BCUT2D eigenvalue weighted by Gasteiger charge is -2.30.